The maximum Gasteiger partial charge on any atom is 0.333 e. The van der Waals surface area contributed by atoms with Crippen molar-refractivity contribution in [3.8, 4) is 16.3 Å². The van der Waals surface area contributed by atoms with E-state index in [-0.39, 0.29) is 0 Å². The number of carboxylic acid groups (broad SMARTS) is 1. The highest BCUT2D eigenvalue weighted by molar-refractivity contribution is 7.15. The van der Waals surface area contributed by atoms with Gasteiger partial charge in [0.25, 0.3) is 0 Å². The molecule has 6 heteroatoms. The summed E-state index contributed by atoms with van der Waals surface area (Å²) < 4.78 is 11.2. The van der Waals surface area contributed by atoms with E-state index in [1.165, 1.54) is 4.88 Å². The average molecular weight is 426 g/mol. The van der Waals surface area contributed by atoms with Crippen LogP contribution in [0.3, 0.4) is 0 Å². The van der Waals surface area contributed by atoms with Gasteiger partial charge in [-0.15, -0.1) is 11.3 Å². The molecular weight excluding hydrogens is 398 g/mol. The fourth-order valence-corrected chi connectivity index (χ4v) is 4.20. The van der Waals surface area contributed by atoms with Crippen LogP contribution in [0.25, 0.3) is 10.6 Å². The topological polar surface area (TPSA) is 68.7 Å². The summed E-state index contributed by atoms with van der Waals surface area (Å²) in [5.74, 6) is -0.166. The van der Waals surface area contributed by atoms with Crippen LogP contribution in [-0.2, 0) is 22.4 Å². The molecule has 3 aromatic rings. The quantitative estimate of drug-likeness (QED) is 0.490. The normalized spacial score (nSPS) is 12.0. The second-order valence-electron chi connectivity index (χ2n) is 7.06. The van der Waals surface area contributed by atoms with Crippen molar-refractivity contribution in [3.63, 3.8) is 0 Å². The standard InChI is InChI=1S/C24H27NO4S/c1-4-28-22(24(26)27)15-19-10-11-20(14-16(19)2)29-13-12-21-17(3)30-23(25-21)18-8-6-5-7-9-18/h5-11,14,22H,4,12-13,15H2,1-3H3,(H,26,27). The molecule has 1 N–H and O–H groups in total. The average Bonchev–Trinajstić information content (AvgIpc) is 3.10. The lowest BCUT2D eigenvalue weighted by Gasteiger charge is -2.15. The Balaban J connectivity index is 1.58. The van der Waals surface area contributed by atoms with E-state index in [0.717, 1.165) is 39.6 Å². The maximum atomic E-state index is 11.3. The molecule has 0 saturated heterocycles. The summed E-state index contributed by atoms with van der Waals surface area (Å²) in [6.07, 6.45) is 0.253. The molecule has 0 aliphatic heterocycles. The zero-order valence-corrected chi connectivity index (χ0v) is 18.4. The molecular formula is C24H27NO4S. The van der Waals surface area contributed by atoms with Crippen LogP contribution < -0.4 is 4.74 Å². The Hall–Kier alpha value is -2.70. The number of carbonyl (C=O) groups is 1. The zero-order chi connectivity index (χ0) is 21.5. The molecule has 1 aromatic heterocycles. The number of nitrogens with zero attached hydrogens (tertiary/aromatic N) is 1. The number of ether oxygens (including phenoxy) is 2. The van der Waals surface area contributed by atoms with Crippen LogP contribution in [-0.4, -0.2) is 35.4 Å². The van der Waals surface area contributed by atoms with Crippen molar-refractivity contribution in [2.45, 2.75) is 39.7 Å². The predicted molar refractivity (Wildman–Crippen MR) is 119 cm³/mol. The summed E-state index contributed by atoms with van der Waals surface area (Å²) in [6, 6.07) is 15.9. The number of aliphatic carboxylic acids is 1. The molecule has 0 aliphatic rings. The lowest BCUT2D eigenvalue weighted by Crippen LogP contribution is -2.26. The minimum atomic E-state index is -0.940. The van der Waals surface area contributed by atoms with Crippen LogP contribution in [0.5, 0.6) is 5.75 Å². The van der Waals surface area contributed by atoms with Crippen molar-refractivity contribution in [1.82, 2.24) is 4.98 Å². The highest BCUT2D eigenvalue weighted by Crippen LogP contribution is 2.28. The van der Waals surface area contributed by atoms with E-state index in [0.29, 0.717) is 19.6 Å². The van der Waals surface area contributed by atoms with Crippen LogP contribution in [0.1, 0.15) is 28.6 Å². The van der Waals surface area contributed by atoms with Gasteiger partial charge in [-0.25, -0.2) is 9.78 Å². The van der Waals surface area contributed by atoms with Crippen LogP contribution >= 0.6 is 11.3 Å². The van der Waals surface area contributed by atoms with Crippen molar-refractivity contribution < 1.29 is 19.4 Å². The third-order valence-corrected chi connectivity index (χ3v) is 5.95. The highest BCUT2D eigenvalue weighted by atomic mass is 32.1. The summed E-state index contributed by atoms with van der Waals surface area (Å²) in [4.78, 5) is 17.3. The Morgan fingerprint density at radius 2 is 1.93 bits per heavy atom. The third kappa shape index (κ3) is 5.68. The van der Waals surface area contributed by atoms with Crippen molar-refractivity contribution in [2.24, 2.45) is 0 Å². The number of hydrogen-bond acceptors (Lipinski definition) is 5. The van der Waals surface area contributed by atoms with Gasteiger partial charge in [0.05, 0.1) is 12.3 Å². The van der Waals surface area contributed by atoms with Gasteiger partial charge in [-0.3, -0.25) is 0 Å². The lowest BCUT2D eigenvalue weighted by atomic mass is 10.0. The molecule has 30 heavy (non-hydrogen) atoms. The number of aromatic nitrogens is 1. The summed E-state index contributed by atoms with van der Waals surface area (Å²) in [7, 11) is 0. The molecule has 0 aliphatic carbocycles. The van der Waals surface area contributed by atoms with E-state index in [1.54, 1.807) is 18.3 Å². The van der Waals surface area contributed by atoms with Crippen molar-refractivity contribution in [1.29, 1.82) is 0 Å². The van der Waals surface area contributed by atoms with Crippen LogP contribution in [0.15, 0.2) is 48.5 Å². The van der Waals surface area contributed by atoms with Gasteiger partial charge in [-0.2, -0.15) is 0 Å². The molecule has 0 fully saturated rings. The van der Waals surface area contributed by atoms with Gasteiger partial charge in [0.1, 0.15) is 10.8 Å². The molecule has 3 rings (SSSR count). The molecule has 2 aromatic carbocycles. The number of aryl methyl sites for hydroxylation is 2. The molecule has 1 unspecified atom stereocenters. The Labute approximate surface area is 181 Å². The highest BCUT2D eigenvalue weighted by Gasteiger charge is 2.19. The first-order valence-electron chi connectivity index (χ1n) is 10.1. The van der Waals surface area contributed by atoms with Gasteiger partial charge < -0.3 is 14.6 Å². The Kier molecular flexibility index (Phi) is 7.60. The minimum absolute atomic E-state index is 0.343. The fraction of sp³-hybridized carbons (Fsp3) is 0.333. The van der Waals surface area contributed by atoms with E-state index >= 15 is 0 Å². The van der Waals surface area contributed by atoms with Gasteiger partial charge in [0.15, 0.2) is 6.10 Å². The minimum Gasteiger partial charge on any atom is -0.493 e. The maximum absolute atomic E-state index is 11.3. The molecule has 1 heterocycles. The van der Waals surface area contributed by atoms with Crippen LogP contribution in [0.2, 0.25) is 0 Å². The van der Waals surface area contributed by atoms with E-state index < -0.39 is 12.1 Å². The smallest absolute Gasteiger partial charge is 0.333 e. The molecule has 5 nitrogen and oxygen atoms in total. The third-order valence-electron chi connectivity index (χ3n) is 4.88. The lowest BCUT2D eigenvalue weighted by molar-refractivity contribution is -0.149. The number of rotatable bonds is 10. The number of carboxylic acids is 1. The van der Waals surface area contributed by atoms with Gasteiger partial charge >= 0.3 is 5.97 Å². The molecule has 0 bridgehead atoms. The summed E-state index contributed by atoms with van der Waals surface area (Å²) in [5, 5.41) is 10.3. The van der Waals surface area contributed by atoms with E-state index in [2.05, 4.69) is 19.1 Å². The predicted octanol–water partition coefficient (Wildman–Crippen LogP) is 5.08. The van der Waals surface area contributed by atoms with Crippen LogP contribution in [0, 0.1) is 13.8 Å². The molecule has 0 radical (unpaired) electrons. The van der Waals surface area contributed by atoms with Crippen molar-refractivity contribution in [3.05, 3.63) is 70.2 Å². The summed E-state index contributed by atoms with van der Waals surface area (Å²) in [5.41, 5.74) is 4.14. The Morgan fingerprint density at radius 1 is 1.17 bits per heavy atom. The van der Waals surface area contributed by atoms with Gasteiger partial charge in [0.2, 0.25) is 0 Å². The van der Waals surface area contributed by atoms with E-state index in [1.807, 2.05) is 43.3 Å². The first-order valence-corrected chi connectivity index (χ1v) is 10.9. The largest absolute Gasteiger partial charge is 0.493 e. The fourth-order valence-electron chi connectivity index (χ4n) is 3.24. The number of hydrogen-bond donors (Lipinski definition) is 1. The van der Waals surface area contributed by atoms with Crippen molar-refractivity contribution in [2.75, 3.05) is 13.2 Å². The Morgan fingerprint density at radius 3 is 2.60 bits per heavy atom. The van der Waals surface area contributed by atoms with Gasteiger partial charge in [-0.05, 0) is 44.0 Å². The van der Waals surface area contributed by atoms with Gasteiger partial charge in [-0.1, -0.05) is 36.4 Å². The second kappa shape index (κ2) is 10.4. The number of thiazole rings is 1. The number of benzene rings is 2. The zero-order valence-electron chi connectivity index (χ0n) is 17.6. The first kappa shape index (κ1) is 22.0. The molecule has 158 valence electrons. The molecule has 0 amide bonds. The second-order valence-corrected chi connectivity index (χ2v) is 8.26. The summed E-state index contributed by atoms with van der Waals surface area (Å²) >= 11 is 1.70. The van der Waals surface area contributed by atoms with E-state index in [9.17, 15) is 9.90 Å². The van der Waals surface area contributed by atoms with Crippen LogP contribution in [0.4, 0.5) is 0 Å². The van der Waals surface area contributed by atoms with E-state index in [4.69, 9.17) is 14.5 Å². The first-order chi connectivity index (χ1) is 14.5. The monoisotopic (exact) mass is 425 g/mol. The Bertz CT molecular complexity index is 984. The van der Waals surface area contributed by atoms with Gasteiger partial charge in [0, 0.05) is 29.9 Å². The molecule has 0 spiro atoms. The summed E-state index contributed by atoms with van der Waals surface area (Å²) in [6.45, 7) is 6.76. The SMILES string of the molecule is CCOC(Cc1ccc(OCCc2nc(-c3ccccc3)sc2C)cc1C)C(=O)O. The molecule has 0 saturated carbocycles. The molecule has 1 atom stereocenters. The van der Waals surface area contributed by atoms with Crippen molar-refractivity contribution >= 4 is 17.3 Å².